The van der Waals surface area contributed by atoms with Crippen LogP contribution in [0.5, 0.6) is 0 Å². The van der Waals surface area contributed by atoms with Gasteiger partial charge >= 0.3 is 5.97 Å². The highest BCUT2D eigenvalue weighted by Crippen LogP contribution is 2.34. The fourth-order valence-corrected chi connectivity index (χ4v) is 2.69. The van der Waals surface area contributed by atoms with E-state index in [-0.39, 0.29) is 0 Å². The molecule has 0 aromatic rings. The molecular formula is C13H26N2O2. The fourth-order valence-electron chi connectivity index (χ4n) is 2.69. The van der Waals surface area contributed by atoms with Gasteiger partial charge in [0, 0.05) is 13.1 Å². The topological polar surface area (TPSA) is 52.6 Å². The normalized spacial score (nSPS) is 29.5. The molecule has 2 atom stereocenters. The van der Waals surface area contributed by atoms with Gasteiger partial charge in [-0.3, -0.25) is 4.79 Å². The number of carboxylic acids is 1. The molecule has 4 heteroatoms. The Hall–Kier alpha value is -0.610. The average molecular weight is 242 g/mol. The van der Waals surface area contributed by atoms with E-state index in [1.165, 1.54) is 6.42 Å². The monoisotopic (exact) mass is 242 g/mol. The summed E-state index contributed by atoms with van der Waals surface area (Å²) < 4.78 is 0. The third-order valence-corrected chi connectivity index (χ3v) is 3.86. The Morgan fingerprint density at radius 3 is 2.76 bits per heavy atom. The summed E-state index contributed by atoms with van der Waals surface area (Å²) >= 11 is 0. The highest BCUT2D eigenvalue weighted by molar-refractivity contribution is 5.79. The summed E-state index contributed by atoms with van der Waals surface area (Å²) in [5.74, 6) is -0.110. The predicted molar refractivity (Wildman–Crippen MR) is 69.2 cm³/mol. The van der Waals surface area contributed by atoms with Crippen molar-refractivity contribution in [1.29, 1.82) is 0 Å². The molecule has 0 aliphatic heterocycles. The van der Waals surface area contributed by atoms with Crippen LogP contribution in [0.2, 0.25) is 0 Å². The number of carbonyl (C=O) groups is 1. The molecule has 0 aromatic heterocycles. The van der Waals surface area contributed by atoms with E-state index in [2.05, 4.69) is 17.1 Å². The number of nitrogens with one attached hydrogen (secondary N) is 1. The number of carboxylic acid groups (broad SMARTS) is 1. The molecule has 0 amide bonds. The van der Waals surface area contributed by atoms with Gasteiger partial charge < -0.3 is 15.3 Å². The Balaban J connectivity index is 2.58. The van der Waals surface area contributed by atoms with Crippen LogP contribution < -0.4 is 5.32 Å². The second-order valence-corrected chi connectivity index (χ2v) is 5.49. The number of likely N-dealkylation sites (N-methyl/N-ethyl adjacent to an activating group) is 1. The molecule has 1 fully saturated rings. The molecule has 0 bridgehead atoms. The summed E-state index contributed by atoms with van der Waals surface area (Å²) in [5.41, 5.74) is -0.672. The fraction of sp³-hybridized carbons (Fsp3) is 0.923. The highest BCUT2D eigenvalue weighted by Gasteiger charge is 2.41. The number of aliphatic carboxylic acids is 1. The number of hydrogen-bond donors (Lipinski definition) is 2. The first-order valence-electron chi connectivity index (χ1n) is 6.63. The lowest BCUT2D eigenvalue weighted by Crippen LogP contribution is -2.56. The standard InChI is InChI=1S/C13H26N2O2/c1-4-11-6-5-7-13(10-11,12(16)17)14-8-9-15(2)3/h11,14H,4-10H2,1-3H3,(H,16,17). The zero-order valence-electron chi connectivity index (χ0n) is 11.3. The first-order valence-corrected chi connectivity index (χ1v) is 6.63. The second-order valence-electron chi connectivity index (χ2n) is 5.49. The maximum Gasteiger partial charge on any atom is 0.323 e. The lowest BCUT2D eigenvalue weighted by Gasteiger charge is -2.38. The molecule has 0 heterocycles. The van der Waals surface area contributed by atoms with Crippen LogP contribution in [0.4, 0.5) is 0 Å². The van der Waals surface area contributed by atoms with Gasteiger partial charge in [-0.25, -0.2) is 0 Å². The van der Waals surface area contributed by atoms with E-state index in [9.17, 15) is 9.90 Å². The maximum atomic E-state index is 11.5. The second kappa shape index (κ2) is 6.36. The summed E-state index contributed by atoms with van der Waals surface area (Å²) in [6.45, 7) is 3.78. The van der Waals surface area contributed by atoms with Gasteiger partial charge in [0.25, 0.3) is 0 Å². The van der Waals surface area contributed by atoms with Crippen molar-refractivity contribution in [2.75, 3.05) is 27.2 Å². The molecule has 4 nitrogen and oxygen atoms in total. The van der Waals surface area contributed by atoms with Crippen LogP contribution in [-0.4, -0.2) is 48.7 Å². The van der Waals surface area contributed by atoms with Crippen LogP contribution in [0, 0.1) is 5.92 Å². The molecule has 1 aliphatic carbocycles. The van der Waals surface area contributed by atoms with Crippen LogP contribution in [0.15, 0.2) is 0 Å². The number of nitrogens with zero attached hydrogens (tertiary/aromatic N) is 1. The van der Waals surface area contributed by atoms with Crippen LogP contribution in [-0.2, 0) is 4.79 Å². The van der Waals surface area contributed by atoms with Crippen LogP contribution in [0.25, 0.3) is 0 Å². The largest absolute Gasteiger partial charge is 0.480 e. The molecule has 1 aliphatic rings. The van der Waals surface area contributed by atoms with Crippen molar-refractivity contribution in [1.82, 2.24) is 10.2 Å². The summed E-state index contributed by atoms with van der Waals surface area (Å²) in [7, 11) is 4.01. The Morgan fingerprint density at radius 2 is 2.24 bits per heavy atom. The van der Waals surface area contributed by atoms with Crippen LogP contribution >= 0.6 is 0 Å². The van der Waals surface area contributed by atoms with E-state index in [4.69, 9.17) is 0 Å². The lowest BCUT2D eigenvalue weighted by molar-refractivity contribution is -0.147. The van der Waals surface area contributed by atoms with Crippen molar-refractivity contribution < 1.29 is 9.90 Å². The molecule has 0 radical (unpaired) electrons. The van der Waals surface area contributed by atoms with Gasteiger partial charge in [0.05, 0.1) is 0 Å². The third-order valence-electron chi connectivity index (χ3n) is 3.86. The minimum absolute atomic E-state index is 0.562. The van der Waals surface area contributed by atoms with E-state index >= 15 is 0 Å². The zero-order chi connectivity index (χ0) is 12.9. The number of rotatable bonds is 6. The van der Waals surface area contributed by atoms with Crippen molar-refractivity contribution in [3.8, 4) is 0 Å². The van der Waals surface area contributed by atoms with E-state index in [0.717, 1.165) is 38.8 Å². The molecular weight excluding hydrogens is 216 g/mol. The molecule has 1 saturated carbocycles. The number of hydrogen-bond acceptors (Lipinski definition) is 3. The van der Waals surface area contributed by atoms with E-state index in [0.29, 0.717) is 5.92 Å². The third kappa shape index (κ3) is 3.96. The summed E-state index contributed by atoms with van der Waals surface area (Å²) in [5, 5.41) is 12.8. The SMILES string of the molecule is CCC1CCCC(NCCN(C)C)(C(=O)O)C1. The smallest absolute Gasteiger partial charge is 0.323 e. The minimum Gasteiger partial charge on any atom is -0.480 e. The molecule has 2 unspecified atom stereocenters. The Bertz CT molecular complexity index is 256. The maximum absolute atomic E-state index is 11.5. The Labute approximate surface area is 104 Å². The molecule has 1 rings (SSSR count). The highest BCUT2D eigenvalue weighted by atomic mass is 16.4. The van der Waals surface area contributed by atoms with Gasteiger partial charge in [0.2, 0.25) is 0 Å². The van der Waals surface area contributed by atoms with E-state index < -0.39 is 11.5 Å². The predicted octanol–water partition coefficient (Wildman–Crippen LogP) is 1.56. The summed E-state index contributed by atoms with van der Waals surface area (Å²) in [4.78, 5) is 13.6. The Morgan fingerprint density at radius 1 is 1.53 bits per heavy atom. The molecule has 0 spiro atoms. The summed E-state index contributed by atoms with van der Waals surface area (Å²) in [6.07, 6.45) is 4.85. The van der Waals surface area contributed by atoms with Gasteiger partial charge in [0.1, 0.15) is 5.54 Å². The molecule has 100 valence electrons. The van der Waals surface area contributed by atoms with E-state index in [1.807, 2.05) is 14.1 Å². The molecule has 0 aromatic carbocycles. The Kier molecular flexibility index (Phi) is 5.40. The van der Waals surface area contributed by atoms with Crippen LogP contribution in [0.3, 0.4) is 0 Å². The van der Waals surface area contributed by atoms with Gasteiger partial charge in [-0.05, 0) is 32.9 Å². The van der Waals surface area contributed by atoms with Crippen molar-refractivity contribution >= 4 is 5.97 Å². The average Bonchev–Trinajstić information content (AvgIpc) is 2.28. The van der Waals surface area contributed by atoms with Crippen molar-refractivity contribution in [2.45, 2.75) is 44.6 Å². The first kappa shape index (κ1) is 14.5. The lowest BCUT2D eigenvalue weighted by atomic mass is 9.74. The molecule has 17 heavy (non-hydrogen) atoms. The van der Waals surface area contributed by atoms with Crippen molar-refractivity contribution in [3.05, 3.63) is 0 Å². The molecule has 0 saturated heterocycles. The van der Waals surface area contributed by atoms with Crippen molar-refractivity contribution in [2.24, 2.45) is 5.92 Å². The minimum atomic E-state index is -0.672. The van der Waals surface area contributed by atoms with E-state index in [1.54, 1.807) is 0 Å². The van der Waals surface area contributed by atoms with Crippen LogP contribution in [0.1, 0.15) is 39.0 Å². The van der Waals surface area contributed by atoms with Crippen molar-refractivity contribution in [3.63, 3.8) is 0 Å². The van der Waals surface area contributed by atoms with Gasteiger partial charge in [-0.2, -0.15) is 0 Å². The zero-order valence-corrected chi connectivity index (χ0v) is 11.3. The summed E-state index contributed by atoms with van der Waals surface area (Å²) in [6, 6.07) is 0. The quantitative estimate of drug-likeness (QED) is 0.742. The van der Waals surface area contributed by atoms with Gasteiger partial charge in [-0.15, -0.1) is 0 Å². The first-order chi connectivity index (χ1) is 8.00. The molecule has 2 N–H and O–H groups in total. The van der Waals surface area contributed by atoms with Gasteiger partial charge in [0.15, 0.2) is 0 Å². The van der Waals surface area contributed by atoms with Gasteiger partial charge in [-0.1, -0.05) is 26.2 Å².